The Hall–Kier alpha value is -1.96. The molecule has 0 aliphatic carbocycles. The van der Waals surface area contributed by atoms with E-state index < -0.39 is 0 Å². The molecule has 0 fully saturated rings. The van der Waals surface area contributed by atoms with Crippen LogP contribution in [-0.4, -0.2) is 6.54 Å². The van der Waals surface area contributed by atoms with Crippen LogP contribution in [0, 0.1) is 13.8 Å². The lowest BCUT2D eigenvalue weighted by Gasteiger charge is -2.20. The highest BCUT2D eigenvalue weighted by atomic mass is 15.1. The minimum atomic E-state index is 0.867. The van der Waals surface area contributed by atoms with E-state index in [4.69, 9.17) is 5.73 Å². The fourth-order valence-electron chi connectivity index (χ4n) is 2.78. The number of hydrogen-bond acceptors (Lipinski definition) is 2. The molecule has 2 N–H and O–H groups in total. The number of fused-ring (bicyclic) bond motifs is 1. The molecule has 1 aliphatic rings. The molecule has 1 aliphatic heterocycles. The van der Waals surface area contributed by atoms with Crippen LogP contribution < -0.4 is 10.6 Å². The van der Waals surface area contributed by atoms with Gasteiger partial charge in [0.25, 0.3) is 0 Å². The lowest BCUT2D eigenvalue weighted by molar-refractivity contribution is 0.835. The zero-order valence-electron chi connectivity index (χ0n) is 11.6. The van der Waals surface area contributed by atoms with Crippen molar-refractivity contribution in [1.29, 1.82) is 0 Å². The number of anilines is 2. The third kappa shape index (κ3) is 2.30. The average molecular weight is 252 g/mol. The van der Waals surface area contributed by atoms with E-state index in [0.29, 0.717) is 0 Å². The molecule has 0 amide bonds. The first-order chi connectivity index (χ1) is 9.13. The summed E-state index contributed by atoms with van der Waals surface area (Å²) in [6, 6.07) is 13.0. The highest BCUT2D eigenvalue weighted by molar-refractivity contribution is 5.63. The molecule has 98 valence electrons. The van der Waals surface area contributed by atoms with E-state index in [0.717, 1.165) is 25.2 Å². The van der Waals surface area contributed by atoms with E-state index in [1.165, 1.54) is 27.9 Å². The quantitative estimate of drug-likeness (QED) is 0.829. The Morgan fingerprint density at radius 2 is 1.89 bits per heavy atom. The molecule has 0 spiro atoms. The molecule has 0 atom stereocenters. The number of rotatable bonds is 2. The molecule has 0 bridgehead atoms. The van der Waals surface area contributed by atoms with Crippen LogP contribution in [0.2, 0.25) is 0 Å². The molecule has 0 radical (unpaired) electrons. The van der Waals surface area contributed by atoms with Crippen molar-refractivity contribution in [2.24, 2.45) is 0 Å². The maximum absolute atomic E-state index is 5.85. The Kier molecular flexibility index (Phi) is 2.94. The zero-order chi connectivity index (χ0) is 13.4. The maximum atomic E-state index is 5.85. The molecule has 0 aromatic heterocycles. The molecule has 3 rings (SSSR count). The number of hydrogen-bond donors (Lipinski definition) is 1. The second-order valence-electron chi connectivity index (χ2n) is 5.48. The number of benzene rings is 2. The van der Waals surface area contributed by atoms with Crippen LogP contribution in [0.25, 0.3) is 0 Å². The Balaban J connectivity index is 1.84. The van der Waals surface area contributed by atoms with Gasteiger partial charge in [-0.2, -0.15) is 0 Å². The lowest BCUT2D eigenvalue weighted by Crippen LogP contribution is -2.19. The predicted molar refractivity (Wildman–Crippen MR) is 81.5 cm³/mol. The van der Waals surface area contributed by atoms with Crippen molar-refractivity contribution in [2.45, 2.75) is 26.8 Å². The number of aryl methyl sites for hydroxylation is 2. The number of nitrogens with two attached hydrogens (primary N) is 1. The normalized spacial score (nSPS) is 13.7. The molecule has 2 nitrogen and oxygen atoms in total. The van der Waals surface area contributed by atoms with E-state index in [1.807, 2.05) is 6.07 Å². The van der Waals surface area contributed by atoms with Crippen LogP contribution in [0.1, 0.15) is 22.3 Å². The van der Waals surface area contributed by atoms with Crippen molar-refractivity contribution < 1.29 is 0 Å². The summed E-state index contributed by atoms with van der Waals surface area (Å²) < 4.78 is 0. The first kappa shape index (κ1) is 12.1. The molecule has 0 unspecified atom stereocenters. The summed E-state index contributed by atoms with van der Waals surface area (Å²) in [5.74, 6) is 0. The van der Waals surface area contributed by atoms with Gasteiger partial charge in [0.1, 0.15) is 0 Å². The van der Waals surface area contributed by atoms with Crippen molar-refractivity contribution in [3.63, 3.8) is 0 Å². The smallest absolute Gasteiger partial charge is 0.0429 e. The third-order valence-electron chi connectivity index (χ3n) is 4.04. The standard InChI is InChI=1S/C17H20N2/c1-12-3-4-14(9-13(12)2)11-19-8-7-15-10-16(18)5-6-17(15)19/h3-6,9-10H,7-8,11,18H2,1-2H3. The monoisotopic (exact) mass is 252 g/mol. The van der Waals surface area contributed by atoms with Crippen molar-refractivity contribution in [2.75, 3.05) is 17.2 Å². The van der Waals surface area contributed by atoms with Crippen LogP contribution in [0.4, 0.5) is 11.4 Å². The highest BCUT2D eigenvalue weighted by Gasteiger charge is 2.19. The topological polar surface area (TPSA) is 29.3 Å². The van der Waals surface area contributed by atoms with Gasteiger partial charge in [-0.05, 0) is 60.7 Å². The molecule has 2 aromatic rings. The van der Waals surface area contributed by atoms with Crippen LogP contribution in [0.3, 0.4) is 0 Å². The maximum Gasteiger partial charge on any atom is 0.0429 e. The van der Waals surface area contributed by atoms with Crippen molar-refractivity contribution >= 4 is 11.4 Å². The minimum Gasteiger partial charge on any atom is -0.399 e. The summed E-state index contributed by atoms with van der Waals surface area (Å²) in [5.41, 5.74) is 13.5. The summed E-state index contributed by atoms with van der Waals surface area (Å²) >= 11 is 0. The van der Waals surface area contributed by atoms with Gasteiger partial charge >= 0.3 is 0 Å². The summed E-state index contributed by atoms with van der Waals surface area (Å²) in [6.07, 6.45) is 1.10. The molecule has 0 saturated carbocycles. The van der Waals surface area contributed by atoms with Gasteiger partial charge in [0.15, 0.2) is 0 Å². The van der Waals surface area contributed by atoms with Gasteiger partial charge in [0.2, 0.25) is 0 Å². The highest BCUT2D eigenvalue weighted by Crippen LogP contribution is 2.30. The summed E-state index contributed by atoms with van der Waals surface area (Å²) in [6.45, 7) is 6.41. The predicted octanol–water partition coefficient (Wildman–Crippen LogP) is 3.45. The first-order valence-corrected chi connectivity index (χ1v) is 6.83. The second kappa shape index (κ2) is 4.61. The Morgan fingerprint density at radius 3 is 2.68 bits per heavy atom. The number of nitrogen functional groups attached to an aromatic ring is 1. The summed E-state index contributed by atoms with van der Waals surface area (Å²) in [7, 11) is 0. The van der Waals surface area contributed by atoms with Crippen LogP contribution in [-0.2, 0) is 13.0 Å². The molecule has 2 heteroatoms. The van der Waals surface area contributed by atoms with Gasteiger partial charge in [0.05, 0.1) is 0 Å². The molecular weight excluding hydrogens is 232 g/mol. The van der Waals surface area contributed by atoms with Crippen LogP contribution in [0.15, 0.2) is 36.4 Å². The van der Waals surface area contributed by atoms with Gasteiger partial charge in [-0.15, -0.1) is 0 Å². The summed E-state index contributed by atoms with van der Waals surface area (Å²) in [4.78, 5) is 2.44. The molecule has 1 heterocycles. The average Bonchev–Trinajstić information content (AvgIpc) is 2.76. The van der Waals surface area contributed by atoms with E-state index >= 15 is 0 Å². The largest absolute Gasteiger partial charge is 0.399 e. The first-order valence-electron chi connectivity index (χ1n) is 6.83. The Bertz CT molecular complexity index is 617. The van der Waals surface area contributed by atoms with Gasteiger partial charge < -0.3 is 10.6 Å². The van der Waals surface area contributed by atoms with Crippen molar-refractivity contribution in [3.05, 3.63) is 58.7 Å². The molecule has 2 aromatic carbocycles. The molecular formula is C17H20N2. The van der Waals surface area contributed by atoms with Crippen molar-refractivity contribution in [1.82, 2.24) is 0 Å². The van der Waals surface area contributed by atoms with Crippen molar-refractivity contribution in [3.8, 4) is 0 Å². The Morgan fingerprint density at radius 1 is 1.05 bits per heavy atom. The Labute approximate surface area is 114 Å². The second-order valence-corrected chi connectivity index (χ2v) is 5.48. The van der Waals surface area contributed by atoms with E-state index in [1.54, 1.807) is 0 Å². The zero-order valence-corrected chi connectivity index (χ0v) is 11.6. The fraction of sp³-hybridized carbons (Fsp3) is 0.294. The van der Waals surface area contributed by atoms with E-state index in [2.05, 4.69) is 49.1 Å². The van der Waals surface area contributed by atoms with Gasteiger partial charge in [-0.25, -0.2) is 0 Å². The van der Waals surface area contributed by atoms with E-state index in [-0.39, 0.29) is 0 Å². The summed E-state index contributed by atoms with van der Waals surface area (Å²) in [5, 5.41) is 0. The van der Waals surface area contributed by atoms with Crippen LogP contribution >= 0.6 is 0 Å². The molecule has 19 heavy (non-hydrogen) atoms. The fourth-order valence-corrected chi connectivity index (χ4v) is 2.78. The SMILES string of the molecule is Cc1ccc(CN2CCc3cc(N)ccc32)cc1C. The number of nitrogens with zero attached hydrogens (tertiary/aromatic N) is 1. The molecule has 0 saturated heterocycles. The van der Waals surface area contributed by atoms with Gasteiger partial charge in [-0.3, -0.25) is 0 Å². The minimum absolute atomic E-state index is 0.867. The van der Waals surface area contributed by atoms with Crippen LogP contribution in [0.5, 0.6) is 0 Å². The van der Waals surface area contributed by atoms with Gasteiger partial charge in [-0.1, -0.05) is 18.2 Å². The van der Waals surface area contributed by atoms with Gasteiger partial charge in [0, 0.05) is 24.5 Å². The van der Waals surface area contributed by atoms with E-state index in [9.17, 15) is 0 Å². The lowest BCUT2D eigenvalue weighted by atomic mass is 10.1. The third-order valence-corrected chi connectivity index (χ3v) is 4.04.